The Morgan fingerprint density at radius 1 is 1.05 bits per heavy atom. The molecule has 0 aliphatic rings. The van der Waals surface area contributed by atoms with E-state index in [0.29, 0.717) is 33.5 Å². The minimum atomic E-state index is -3.93. The van der Waals surface area contributed by atoms with Crippen LogP contribution >= 0.6 is 12.4 Å². The van der Waals surface area contributed by atoms with E-state index < -0.39 is 10.0 Å². The van der Waals surface area contributed by atoms with Gasteiger partial charge in [-0.15, -0.1) is 12.4 Å². The fraction of sp³-hybridized carbons (Fsp3) is 0.0769. The van der Waals surface area contributed by atoms with Crippen molar-refractivity contribution in [3.63, 3.8) is 0 Å². The van der Waals surface area contributed by atoms with Gasteiger partial charge in [0.15, 0.2) is 0 Å². The minimum absolute atomic E-state index is 0. The van der Waals surface area contributed by atoms with Gasteiger partial charge >= 0.3 is 0 Å². The van der Waals surface area contributed by atoms with Crippen LogP contribution < -0.4 is 16.0 Å². The first-order valence-electron chi connectivity index (χ1n) is 11.0. The van der Waals surface area contributed by atoms with Crippen LogP contribution in [0.25, 0.3) is 21.9 Å². The number of amidine groups is 1. The van der Waals surface area contributed by atoms with Gasteiger partial charge in [0.2, 0.25) is 0 Å². The van der Waals surface area contributed by atoms with Gasteiger partial charge in [-0.1, -0.05) is 42.5 Å². The van der Waals surface area contributed by atoms with E-state index in [4.69, 9.17) is 11.1 Å². The van der Waals surface area contributed by atoms with Gasteiger partial charge in [0.25, 0.3) is 15.6 Å². The second kappa shape index (κ2) is 10.00. The van der Waals surface area contributed by atoms with Crippen molar-refractivity contribution in [2.75, 3.05) is 4.72 Å². The zero-order chi connectivity index (χ0) is 25.4. The lowest BCUT2D eigenvalue weighted by Gasteiger charge is -2.12. The summed E-state index contributed by atoms with van der Waals surface area (Å²) >= 11 is 0. The lowest BCUT2D eigenvalue weighted by atomic mass is 10.1. The van der Waals surface area contributed by atoms with Gasteiger partial charge in [-0.05, 0) is 35.9 Å². The van der Waals surface area contributed by atoms with E-state index in [1.807, 2.05) is 0 Å². The molecule has 0 radical (unpaired) electrons. The molecule has 5 aromatic rings. The highest BCUT2D eigenvalue weighted by Gasteiger charge is 2.19. The number of nitrogen functional groups attached to an aromatic ring is 1. The Bertz CT molecular complexity index is 1810. The van der Waals surface area contributed by atoms with Crippen molar-refractivity contribution in [2.45, 2.75) is 11.3 Å². The third-order valence-electron chi connectivity index (χ3n) is 5.92. The lowest BCUT2D eigenvalue weighted by Crippen LogP contribution is -2.23. The average molecular weight is 535 g/mol. The Balaban J connectivity index is 0.00000320. The highest BCUT2D eigenvalue weighted by Crippen LogP contribution is 2.25. The Morgan fingerprint density at radius 2 is 1.78 bits per heavy atom. The fourth-order valence-electron chi connectivity index (χ4n) is 4.07. The van der Waals surface area contributed by atoms with E-state index in [0.717, 1.165) is 10.9 Å². The van der Waals surface area contributed by atoms with Crippen molar-refractivity contribution in [3.05, 3.63) is 106 Å². The molecule has 0 amide bonds. The summed E-state index contributed by atoms with van der Waals surface area (Å²) in [6.45, 7) is 0. The third-order valence-corrected chi connectivity index (χ3v) is 7.33. The molecule has 0 fully saturated rings. The number of halogens is 1. The predicted molar refractivity (Wildman–Crippen MR) is 147 cm³/mol. The number of aryl methyl sites for hydroxylation is 1. The van der Waals surface area contributed by atoms with Crippen LogP contribution in [0.5, 0.6) is 0 Å². The summed E-state index contributed by atoms with van der Waals surface area (Å²) in [5.74, 6) is -0.0319. The molecular weight excluding hydrogens is 512 g/mol. The molecule has 0 aliphatic heterocycles. The summed E-state index contributed by atoms with van der Waals surface area (Å²) < 4.78 is 30.5. The maximum atomic E-state index is 13.2. The predicted octanol–water partition coefficient (Wildman–Crippen LogP) is 3.58. The number of hydrogen-bond donors (Lipinski definition) is 3. The molecule has 2 aromatic heterocycles. The quantitative estimate of drug-likeness (QED) is 0.224. The molecule has 0 aliphatic carbocycles. The molecule has 4 N–H and O–H groups in total. The van der Waals surface area contributed by atoms with E-state index in [-0.39, 0.29) is 35.1 Å². The summed E-state index contributed by atoms with van der Waals surface area (Å²) in [5.41, 5.74) is 8.77. The number of para-hydroxylation sites is 1. The number of nitrogens with zero attached hydrogens (tertiary/aromatic N) is 3. The Labute approximate surface area is 219 Å². The van der Waals surface area contributed by atoms with E-state index >= 15 is 0 Å². The highest BCUT2D eigenvalue weighted by atomic mass is 35.5. The fourth-order valence-corrected chi connectivity index (χ4v) is 5.30. The van der Waals surface area contributed by atoms with Crippen LogP contribution in [0.3, 0.4) is 0 Å². The molecule has 0 saturated carbocycles. The SMILES string of the molecule is Cl.Cn1c(=O)c(Cc2ccc(C(=N)N)cc2)nc2cc(NS(=O)(=O)c3cccc4cccnc34)ccc21. The molecule has 0 atom stereocenters. The van der Waals surface area contributed by atoms with Crippen LogP contribution in [-0.4, -0.2) is 28.8 Å². The molecule has 2 heterocycles. The number of anilines is 1. The summed E-state index contributed by atoms with van der Waals surface area (Å²) in [4.78, 5) is 21.8. The van der Waals surface area contributed by atoms with Gasteiger partial charge in [-0.3, -0.25) is 19.9 Å². The largest absolute Gasteiger partial charge is 0.384 e. The van der Waals surface area contributed by atoms with Crippen molar-refractivity contribution in [1.82, 2.24) is 14.5 Å². The van der Waals surface area contributed by atoms with E-state index in [2.05, 4.69) is 14.7 Å². The molecule has 3 aromatic carbocycles. The van der Waals surface area contributed by atoms with Gasteiger partial charge in [-0.25, -0.2) is 13.4 Å². The Morgan fingerprint density at radius 3 is 2.51 bits per heavy atom. The van der Waals surface area contributed by atoms with Crippen molar-refractivity contribution in [2.24, 2.45) is 12.8 Å². The first-order chi connectivity index (χ1) is 17.2. The molecule has 0 saturated heterocycles. The van der Waals surface area contributed by atoms with Crippen LogP contribution in [0, 0.1) is 5.41 Å². The van der Waals surface area contributed by atoms with Gasteiger partial charge in [0.05, 0.1) is 22.2 Å². The van der Waals surface area contributed by atoms with Crippen molar-refractivity contribution in [3.8, 4) is 0 Å². The average Bonchev–Trinajstić information content (AvgIpc) is 2.86. The zero-order valence-electron chi connectivity index (χ0n) is 19.7. The highest BCUT2D eigenvalue weighted by molar-refractivity contribution is 7.93. The van der Waals surface area contributed by atoms with Crippen molar-refractivity contribution >= 4 is 55.9 Å². The molecular formula is C26H23ClN6O3S. The summed E-state index contributed by atoms with van der Waals surface area (Å²) in [5, 5.41) is 8.24. The van der Waals surface area contributed by atoms with E-state index in [1.165, 1.54) is 10.6 Å². The second-order valence-corrected chi connectivity index (χ2v) is 10.0. The molecule has 11 heteroatoms. The van der Waals surface area contributed by atoms with Gasteiger partial charge in [0.1, 0.15) is 16.4 Å². The Hall–Kier alpha value is -4.28. The van der Waals surface area contributed by atoms with Gasteiger partial charge < -0.3 is 10.3 Å². The number of aromatic nitrogens is 3. The van der Waals surface area contributed by atoms with Crippen LogP contribution in [0.15, 0.2) is 88.7 Å². The molecule has 9 nitrogen and oxygen atoms in total. The third kappa shape index (κ3) is 5.02. The maximum absolute atomic E-state index is 13.2. The van der Waals surface area contributed by atoms with Gasteiger partial charge in [-0.2, -0.15) is 0 Å². The van der Waals surface area contributed by atoms with Crippen molar-refractivity contribution < 1.29 is 8.42 Å². The van der Waals surface area contributed by atoms with Crippen LogP contribution in [0.4, 0.5) is 5.69 Å². The smallest absolute Gasteiger partial charge is 0.272 e. The van der Waals surface area contributed by atoms with E-state index in [1.54, 1.807) is 80.0 Å². The summed E-state index contributed by atoms with van der Waals surface area (Å²) in [7, 11) is -2.28. The normalized spacial score (nSPS) is 11.3. The molecule has 5 rings (SSSR count). The number of pyridine rings is 1. The number of fused-ring (bicyclic) bond motifs is 2. The molecule has 37 heavy (non-hydrogen) atoms. The van der Waals surface area contributed by atoms with Gasteiger partial charge in [0, 0.05) is 30.6 Å². The second-order valence-electron chi connectivity index (χ2n) is 8.35. The molecule has 0 bridgehead atoms. The number of benzene rings is 3. The van der Waals surface area contributed by atoms with Crippen LogP contribution in [0.1, 0.15) is 16.8 Å². The Kier molecular flexibility index (Phi) is 6.97. The standard InChI is InChI=1S/C26H22N6O3S.ClH/c1-32-22-12-11-19(31-36(34,35)23-6-2-4-17-5-3-13-29-24(17)23)15-20(22)30-21(26(32)33)14-16-7-9-18(10-8-16)25(27)28;/h2-13,15,31H,14H2,1H3,(H3,27,28);1H. The topological polar surface area (TPSA) is 144 Å². The minimum Gasteiger partial charge on any atom is -0.384 e. The van der Waals surface area contributed by atoms with Crippen molar-refractivity contribution in [1.29, 1.82) is 5.41 Å². The monoisotopic (exact) mass is 534 g/mol. The first kappa shape index (κ1) is 25.8. The number of sulfonamides is 1. The number of nitrogens with one attached hydrogen (secondary N) is 2. The first-order valence-corrected chi connectivity index (χ1v) is 12.5. The molecule has 0 unspecified atom stereocenters. The summed E-state index contributed by atoms with van der Waals surface area (Å²) in [6, 6.07) is 20.4. The molecule has 188 valence electrons. The number of hydrogen-bond acceptors (Lipinski definition) is 6. The summed E-state index contributed by atoms with van der Waals surface area (Å²) in [6.07, 6.45) is 1.83. The zero-order valence-corrected chi connectivity index (χ0v) is 21.3. The lowest BCUT2D eigenvalue weighted by molar-refractivity contribution is 0.602. The van der Waals surface area contributed by atoms with Crippen LogP contribution in [-0.2, 0) is 23.5 Å². The number of nitrogens with two attached hydrogens (primary N) is 1. The number of rotatable bonds is 6. The molecule has 0 spiro atoms. The van der Waals surface area contributed by atoms with E-state index in [9.17, 15) is 13.2 Å². The van der Waals surface area contributed by atoms with Crippen LogP contribution in [0.2, 0.25) is 0 Å². The maximum Gasteiger partial charge on any atom is 0.272 e.